The molecule has 0 bridgehead atoms. The second-order valence-corrected chi connectivity index (χ2v) is 4.09. The molecule has 2 unspecified atom stereocenters. The van der Waals surface area contributed by atoms with E-state index in [0.717, 1.165) is 0 Å². The number of aromatic carboxylic acids is 1. The lowest BCUT2D eigenvalue weighted by molar-refractivity contribution is 0.0163. The summed E-state index contributed by atoms with van der Waals surface area (Å²) in [6.45, 7) is 0. The molecule has 0 aliphatic rings. The van der Waals surface area contributed by atoms with Crippen LogP contribution in [-0.2, 0) is 0 Å². The smallest absolute Gasteiger partial charge is 0.338 e. The Bertz CT molecular complexity index is 410. The van der Waals surface area contributed by atoms with Crippen molar-refractivity contribution in [1.82, 2.24) is 0 Å². The first-order valence-electron chi connectivity index (χ1n) is 5.07. The predicted molar refractivity (Wildman–Crippen MR) is 67.3 cm³/mol. The van der Waals surface area contributed by atoms with Gasteiger partial charge in [0.05, 0.1) is 11.7 Å². The maximum atomic E-state index is 11.0. The largest absolute Gasteiger partial charge is 0.478 e. The number of aliphatic hydroxyl groups is 2. The fourth-order valence-electron chi connectivity index (χ4n) is 1.58. The number of carboxylic acids is 1. The van der Waals surface area contributed by atoms with Crippen molar-refractivity contribution in [2.45, 2.75) is 18.6 Å². The number of hydrogen-bond donors (Lipinski definition) is 5. The average Bonchev–Trinajstić information content (AvgIpc) is 2.27. The van der Waals surface area contributed by atoms with E-state index in [-0.39, 0.29) is 23.2 Å². The molecular formula is C11H15NO4S. The molecule has 2 atom stereocenters. The van der Waals surface area contributed by atoms with Gasteiger partial charge in [-0.15, -0.1) is 0 Å². The van der Waals surface area contributed by atoms with Crippen molar-refractivity contribution in [3.63, 3.8) is 0 Å². The Morgan fingerprint density at radius 2 is 2.06 bits per heavy atom. The molecule has 0 aliphatic carbocycles. The first-order chi connectivity index (χ1) is 7.99. The maximum Gasteiger partial charge on any atom is 0.338 e. The molecule has 0 fully saturated rings. The predicted octanol–water partition coefficient (Wildman–Crippen LogP) is 0.681. The Balaban J connectivity index is 3.13. The zero-order valence-electron chi connectivity index (χ0n) is 9.08. The molecule has 0 amide bonds. The molecule has 5 nitrogen and oxygen atoms in total. The van der Waals surface area contributed by atoms with E-state index in [1.165, 1.54) is 18.2 Å². The highest BCUT2D eigenvalue weighted by atomic mass is 32.1. The highest BCUT2D eigenvalue weighted by molar-refractivity contribution is 7.80. The highest BCUT2D eigenvalue weighted by Gasteiger charge is 2.24. The number of benzene rings is 1. The van der Waals surface area contributed by atoms with Crippen LogP contribution in [-0.4, -0.2) is 33.1 Å². The van der Waals surface area contributed by atoms with E-state index < -0.39 is 18.2 Å². The van der Waals surface area contributed by atoms with Crippen molar-refractivity contribution in [1.29, 1.82) is 0 Å². The van der Waals surface area contributed by atoms with Crippen LogP contribution in [0.15, 0.2) is 18.2 Å². The van der Waals surface area contributed by atoms with Crippen LogP contribution in [0.3, 0.4) is 0 Å². The fraction of sp³-hybridized carbons (Fsp3) is 0.364. The third-order valence-corrected chi connectivity index (χ3v) is 2.71. The highest BCUT2D eigenvalue weighted by Crippen LogP contribution is 2.26. The molecule has 0 aliphatic heterocycles. The normalized spacial score (nSPS) is 14.3. The lowest BCUT2D eigenvalue weighted by atomic mass is 9.96. The van der Waals surface area contributed by atoms with Gasteiger partial charge in [-0.2, -0.15) is 12.6 Å². The molecule has 94 valence electrons. The second kappa shape index (κ2) is 5.90. The summed E-state index contributed by atoms with van der Waals surface area (Å²) in [5.41, 5.74) is 5.56. The third kappa shape index (κ3) is 3.12. The molecule has 1 aromatic carbocycles. The van der Waals surface area contributed by atoms with E-state index in [1.54, 1.807) is 0 Å². The van der Waals surface area contributed by atoms with Gasteiger partial charge in [-0.1, -0.05) is 12.1 Å². The molecule has 0 saturated heterocycles. The number of rotatable bonds is 5. The minimum absolute atomic E-state index is 0.0622. The summed E-state index contributed by atoms with van der Waals surface area (Å²) < 4.78 is 0. The SMILES string of the molecule is Nc1cccc(C(O)C(O)CCS)c1C(=O)O. The van der Waals surface area contributed by atoms with Crippen molar-refractivity contribution >= 4 is 24.3 Å². The number of nitrogens with two attached hydrogens (primary N) is 1. The van der Waals surface area contributed by atoms with Crippen LogP contribution < -0.4 is 5.73 Å². The molecule has 5 N–H and O–H groups in total. The average molecular weight is 257 g/mol. The Kier molecular flexibility index (Phi) is 4.80. The number of carboxylic acid groups (broad SMARTS) is 1. The Morgan fingerprint density at radius 3 is 2.59 bits per heavy atom. The summed E-state index contributed by atoms with van der Waals surface area (Å²) in [4.78, 5) is 11.0. The number of nitrogen functional groups attached to an aromatic ring is 1. The minimum atomic E-state index is -1.28. The van der Waals surface area contributed by atoms with Crippen molar-refractivity contribution in [2.75, 3.05) is 11.5 Å². The van der Waals surface area contributed by atoms with Gasteiger partial charge in [0.25, 0.3) is 0 Å². The fourth-order valence-corrected chi connectivity index (χ4v) is 1.84. The molecule has 0 spiro atoms. The number of thiol groups is 1. The van der Waals surface area contributed by atoms with Gasteiger partial charge in [-0.05, 0) is 23.8 Å². The van der Waals surface area contributed by atoms with E-state index in [2.05, 4.69) is 12.6 Å². The Hall–Kier alpha value is -1.24. The molecule has 1 rings (SSSR count). The van der Waals surface area contributed by atoms with Crippen LogP contribution >= 0.6 is 12.6 Å². The molecule has 17 heavy (non-hydrogen) atoms. The number of hydrogen-bond acceptors (Lipinski definition) is 5. The summed E-state index contributed by atoms with van der Waals surface area (Å²) in [6.07, 6.45) is -2.08. The molecule has 0 radical (unpaired) electrons. The monoisotopic (exact) mass is 257 g/mol. The van der Waals surface area contributed by atoms with E-state index in [1.807, 2.05) is 0 Å². The van der Waals surface area contributed by atoms with Gasteiger partial charge >= 0.3 is 5.97 Å². The van der Waals surface area contributed by atoms with E-state index in [0.29, 0.717) is 5.75 Å². The topological polar surface area (TPSA) is 104 Å². The zero-order chi connectivity index (χ0) is 13.0. The van der Waals surface area contributed by atoms with Gasteiger partial charge in [0.15, 0.2) is 0 Å². The van der Waals surface area contributed by atoms with Crippen LogP contribution in [0.2, 0.25) is 0 Å². The van der Waals surface area contributed by atoms with Gasteiger partial charge in [0.2, 0.25) is 0 Å². The van der Waals surface area contributed by atoms with Crippen molar-refractivity contribution in [3.05, 3.63) is 29.3 Å². The Labute approximate surface area is 104 Å². The number of carbonyl (C=O) groups is 1. The van der Waals surface area contributed by atoms with E-state index >= 15 is 0 Å². The van der Waals surface area contributed by atoms with Gasteiger partial charge in [-0.3, -0.25) is 0 Å². The van der Waals surface area contributed by atoms with Crippen molar-refractivity contribution in [2.24, 2.45) is 0 Å². The first-order valence-corrected chi connectivity index (χ1v) is 5.71. The third-order valence-electron chi connectivity index (χ3n) is 2.45. The van der Waals surface area contributed by atoms with Gasteiger partial charge in [0, 0.05) is 5.69 Å². The molecule has 1 aromatic rings. The Morgan fingerprint density at radius 1 is 1.41 bits per heavy atom. The molecule has 0 aromatic heterocycles. The quantitative estimate of drug-likeness (QED) is 0.394. The van der Waals surface area contributed by atoms with Crippen molar-refractivity contribution in [3.8, 4) is 0 Å². The van der Waals surface area contributed by atoms with Crippen LogP contribution in [0.4, 0.5) is 5.69 Å². The lowest BCUT2D eigenvalue weighted by Crippen LogP contribution is -2.21. The first kappa shape index (κ1) is 13.8. The van der Waals surface area contributed by atoms with Crippen LogP contribution in [0.1, 0.15) is 28.4 Å². The van der Waals surface area contributed by atoms with E-state index in [4.69, 9.17) is 10.8 Å². The zero-order valence-corrected chi connectivity index (χ0v) is 9.97. The lowest BCUT2D eigenvalue weighted by Gasteiger charge is -2.19. The van der Waals surface area contributed by atoms with Crippen LogP contribution in [0.25, 0.3) is 0 Å². The summed E-state index contributed by atoms with van der Waals surface area (Å²) in [5.74, 6) is -0.835. The summed E-state index contributed by atoms with van der Waals surface area (Å²) in [6, 6.07) is 4.41. The maximum absolute atomic E-state index is 11.0. The van der Waals surface area contributed by atoms with Gasteiger partial charge < -0.3 is 21.1 Å². The second-order valence-electron chi connectivity index (χ2n) is 3.64. The summed E-state index contributed by atoms with van der Waals surface area (Å²) in [7, 11) is 0. The van der Waals surface area contributed by atoms with Gasteiger partial charge in [-0.25, -0.2) is 4.79 Å². The van der Waals surface area contributed by atoms with E-state index in [9.17, 15) is 15.0 Å². The summed E-state index contributed by atoms with van der Waals surface area (Å²) in [5, 5.41) is 28.5. The van der Waals surface area contributed by atoms with Gasteiger partial charge in [0.1, 0.15) is 6.10 Å². The standard InChI is InChI=1S/C11H15NO4S/c12-7-3-1-2-6(9(7)11(15)16)10(14)8(13)4-5-17/h1-3,8,10,13-14,17H,4-5,12H2,(H,15,16). The number of aliphatic hydroxyl groups excluding tert-OH is 2. The van der Waals surface area contributed by atoms with Crippen LogP contribution in [0, 0.1) is 0 Å². The summed E-state index contributed by atoms with van der Waals surface area (Å²) >= 11 is 3.94. The minimum Gasteiger partial charge on any atom is -0.478 e. The van der Waals surface area contributed by atoms with Crippen LogP contribution in [0.5, 0.6) is 0 Å². The molecule has 0 saturated carbocycles. The molecular weight excluding hydrogens is 242 g/mol. The molecule has 0 heterocycles. The molecule has 6 heteroatoms. The number of anilines is 1. The van der Waals surface area contributed by atoms with Crippen molar-refractivity contribution < 1.29 is 20.1 Å².